The molecule has 0 saturated heterocycles. The molecule has 0 saturated carbocycles. The zero-order chi connectivity index (χ0) is 10.1. The molecule has 0 N–H and O–H groups in total. The number of pyridine rings is 1. The van der Waals surface area contributed by atoms with Gasteiger partial charge < -0.3 is 4.40 Å². The second-order valence-electron chi connectivity index (χ2n) is 3.91. The van der Waals surface area contributed by atoms with Crippen molar-refractivity contribution >= 4 is 17.1 Å². The molecule has 14 heavy (non-hydrogen) atoms. The van der Waals surface area contributed by atoms with Gasteiger partial charge in [-0.2, -0.15) is 0 Å². The quantitative estimate of drug-likeness (QED) is 0.741. The Hall–Kier alpha value is -1.02. The highest BCUT2D eigenvalue weighted by Crippen LogP contribution is 2.15. The highest BCUT2D eigenvalue weighted by atomic mass is 35.5. The van der Waals surface area contributed by atoms with Crippen LogP contribution < -0.4 is 0 Å². The van der Waals surface area contributed by atoms with Gasteiger partial charge in [-0.05, 0) is 18.1 Å². The minimum Gasteiger partial charge on any atom is -0.302 e. The first kappa shape index (κ1) is 9.53. The third-order valence-electron chi connectivity index (χ3n) is 2.16. The topological polar surface area (TPSA) is 17.3 Å². The van der Waals surface area contributed by atoms with E-state index in [-0.39, 0.29) is 0 Å². The van der Waals surface area contributed by atoms with E-state index in [2.05, 4.69) is 23.2 Å². The standard InChI is InChI=1S/C11H13ClN2/c1-8(2)5-11-13-6-10-4-3-9(12)7-14(10)11/h3-4,6-8H,5H2,1-2H3. The largest absolute Gasteiger partial charge is 0.302 e. The fraction of sp³-hybridized carbons (Fsp3) is 0.364. The molecular weight excluding hydrogens is 196 g/mol. The Morgan fingerprint density at radius 2 is 2.21 bits per heavy atom. The molecule has 0 aliphatic rings. The van der Waals surface area contributed by atoms with Crippen LogP contribution in [0.3, 0.4) is 0 Å². The van der Waals surface area contributed by atoms with E-state index in [1.807, 2.05) is 24.5 Å². The lowest BCUT2D eigenvalue weighted by Crippen LogP contribution is -2.00. The predicted octanol–water partition coefficient (Wildman–Crippen LogP) is 3.19. The van der Waals surface area contributed by atoms with Crippen LogP contribution in [0.2, 0.25) is 5.02 Å². The van der Waals surface area contributed by atoms with Crippen LogP contribution in [0.4, 0.5) is 0 Å². The highest BCUT2D eigenvalue weighted by Gasteiger charge is 2.05. The van der Waals surface area contributed by atoms with Crippen LogP contribution in [0.15, 0.2) is 24.5 Å². The Morgan fingerprint density at radius 3 is 2.93 bits per heavy atom. The van der Waals surface area contributed by atoms with Gasteiger partial charge in [-0.15, -0.1) is 0 Å². The Bertz CT molecular complexity index is 445. The van der Waals surface area contributed by atoms with Gasteiger partial charge in [0.2, 0.25) is 0 Å². The molecule has 2 heterocycles. The van der Waals surface area contributed by atoms with Gasteiger partial charge in [0.05, 0.1) is 16.7 Å². The molecule has 0 atom stereocenters. The van der Waals surface area contributed by atoms with Gasteiger partial charge in [-0.25, -0.2) is 4.98 Å². The van der Waals surface area contributed by atoms with Crippen molar-refractivity contribution in [2.45, 2.75) is 20.3 Å². The lowest BCUT2D eigenvalue weighted by atomic mass is 10.1. The van der Waals surface area contributed by atoms with Crippen LogP contribution in [0.5, 0.6) is 0 Å². The Morgan fingerprint density at radius 1 is 1.43 bits per heavy atom. The molecule has 0 fully saturated rings. The van der Waals surface area contributed by atoms with Gasteiger partial charge in [0, 0.05) is 12.6 Å². The Balaban J connectivity index is 2.50. The van der Waals surface area contributed by atoms with Gasteiger partial charge in [0.25, 0.3) is 0 Å². The number of hydrogen-bond acceptors (Lipinski definition) is 1. The molecular formula is C11H13ClN2. The van der Waals surface area contributed by atoms with E-state index in [0.717, 1.165) is 22.8 Å². The van der Waals surface area contributed by atoms with E-state index in [1.54, 1.807) is 0 Å². The molecule has 2 rings (SSSR count). The van der Waals surface area contributed by atoms with Crippen molar-refractivity contribution in [1.29, 1.82) is 0 Å². The fourth-order valence-corrected chi connectivity index (χ4v) is 1.69. The van der Waals surface area contributed by atoms with Crippen molar-refractivity contribution in [3.05, 3.63) is 35.4 Å². The molecule has 74 valence electrons. The molecule has 0 aliphatic carbocycles. The van der Waals surface area contributed by atoms with Gasteiger partial charge in [0.1, 0.15) is 5.82 Å². The first-order valence-electron chi connectivity index (χ1n) is 4.78. The summed E-state index contributed by atoms with van der Waals surface area (Å²) < 4.78 is 2.06. The molecule has 0 radical (unpaired) electrons. The third-order valence-corrected chi connectivity index (χ3v) is 2.38. The van der Waals surface area contributed by atoms with Crippen LogP contribution in [-0.4, -0.2) is 9.38 Å². The number of imidazole rings is 1. The zero-order valence-corrected chi connectivity index (χ0v) is 9.12. The maximum Gasteiger partial charge on any atom is 0.113 e. The molecule has 0 aliphatic heterocycles. The van der Waals surface area contributed by atoms with Crippen molar-refractivity contribution in [2.24, 2.45) is 5.92 Å². The highest BCUT2D eigenvalue weighted by molar-refractivity contribution is 6.30. The normalized spacial score (nSPS) is 11.4. The van der Waals surface area contributed by atoms with Gasteiger partial charge >= 0.3 is 0 Å². The summed E-state index contributed by atoms with van der Waals surface area (Å²) in [5.74, 6) is 1.69. The molecule has 0 unspecified atom stereocenters. The van der Waals surface area contributed by atoms with E-state index in [1.165, 1.54) is 0 Å². The van der Waals surface area contributed by atoms with E-state index in [9.17, 15) is 0 Å². The molecule has 0 spiro atoms. The number of fused-ring (bicyclic) bond motifs is 1. The monoisotopic (exact) mass is 208 g/mol. The Kier molecular flexibility index (Phi) is 2.46. The van der Waals surface area contributed by atoms with E-state index in [0.29, 0.717) is 5.92 Å². The molecule has 2 aromatic rings. The van der Waals surface area contributed by atoms with Crippen molar-refractivity contribution in [3.8, 4) is 0 Å². The van der Waals surface area contributed by atoms with Crippen LogP contribution in [0.25, 0.3) is 5.52 Å². The second kappa shape index (κ2) is 3.62. The summed E-state index contributed by atoms with van der Waals surface area (Å²) >= 11 is 5.94. The summed E-state index contributed by atoms with van der Waals surface area (Å²) in [6, 6.07) is 3.87. The summed E-state index contributed by atoms with van der Waals surface area (Å²) in [5.41, 5.74) is 1.10. The van der Waals surface area contributed by atoms with Crippen LogP contribution >= 0.6 is 11.6 Å². The van der Waals surface area contributed by atoms with Gasteiger partial charge in [0.15, 0.2) is 0 Å². The van der Waals surface area contributed by atoms with Crippen LogP contribution in [-0.2, 0) is 6.42 Å². The summed E-state index contributed by atoms with van der Waals surface area (Å²) in [6.45, 7) is 4.37. The minimum atomic E-state index is 0.611. The summed E-state index contributed by atoms with van der Waals surface area (Å²) in [6.07, 6.45) is 4.78. The van der Waals surface area contributed by atoms with Gasteiger partial charge in [-0.3, -0.25) is 0 Å². The summed E-state index contributed by atoms with van der Waals surface area (Å²) in [4.78, 5) is 4.38. The van der Waals surface area contributed by atoms with E-state index < -0.39 is 0 Å². The number of aromatic nitrogens is 2. The Labute approximate surface area is 88.5 Å². The SMILES string of the molecule is CC(C)Cc1ncc2ccc(Cl)cn12. The zero-order valence-electron chi connectivity index (χ0n) is 8.37. The molecule has 2 aromatic heterocycles. The number of nitrogens with zero attached hydrogens (tertiary/aromatic N) is 2. The maximum absolute atomic E-state index is 5.94. The summed E-state index contributed by atoms with van der Waals surface area (Å²) in [5, 5.41) is 0.750. The average Bonchev–Trinajstić information content (AvgIpc) is 2.47. The predicted molar refractivity (Wildman–Crippen MR) is 58.7 cm³/mol. The molecule has 0 aromatic carbocycles. The van der Waals surface area contributed by atoms with Crippen molar-refractivity contribution < 1.29 is 0 Å². The average molecular weight is 209 g/mol. The van der Waals surface area contributed by atoms with Gasteiger partial charge in [-0.1, -0.05) is 25.4 Å². The van der Waals surface area contributed by atoms with Crippen LogP contribution in [0.1, 0.15) is 19.7 Å². The molecule has 3 heteroatoms. The summed E-state index contributed by atoms with van der Waals surface area (Å²) in [7, 11) is 0. The third kappa shape index (κ3) is 1.75. The number of hydrogen-bond donors (Lipinski definition) is 0. The number of halogens is 1. The second-order valence-corrected chi connectivity index (χ2v) is 4.35. The smallest absolute Gasteiger partial charge is 0.113 e. The van der Waals surface area contributed by atoms with Crippen molar-refractivity contribution in [3.63, 3.8) is 0 Å². The van der Waals surface area contributed by atoms with Crippen LogP contribution in [0, 0.1) is 5.92 Å². The lowest BCUT2D eigenvalue weighted by molar-refractivity contribution is 0.619. The van der Waals surface area contributed by atoms with Crippen molar-refractivity contribution in [1.82, 2.24) is 9.38 Å². The lowest BCUT2D eigenvalue weighted by Gasteiger charge is -2.04. The first-order valence-corrected chi connectivity index (χ1v) is 5.16. The van der Waals surface area contributed by atoms with E-state index in [4.69, 9.17) is 11.6 Å². The number of rotatable bonds is 2. The van der Waals surface area contributed by atoms with E-state index >= 15 is 0 Å². The molecule has 0 bridgehead atoms. The van der Waals surface area contributed by atoms with Crippen molar-refractivity contribution in [2.75, 3.05) is 0 Å². The first-order chi connectivity index (χ1) is 6.66. The fourth-order valence-electron chi connectivity index (χ4n) is 1.53. The maximum atomic E-state index is 5.94. The molecule has 2 nitrogen and oxygen atoms in total. The minimum absolute atomic E-state index is 0.611. The molecule has 0 amide bonds.